The molecule has 0 bridgehead atoms. The number of rotatable bonds is 4. The maximum Gasteiger partial charge on any atom is 0.266 e. The molecule has 0 amide bonds. The third kappa shape index (κ3) is 10.8. The Hall–Kier alpha value is 0.830. The molecule has 0 spiro atoms. The average Bonchev–Trinajstić information content (AvgIpc) is 1.59. The van der Waals surface area contributed by atoms with Crippen LogP contribution in [0.15, 0.2) is 0 Å². The zero-order chi connectivity index (χ0) is 8.20. The van der Waals surface area contributed by atoms with E-state index in [2.05, 4.69) is 0 Å². The summed E-state index contributed by atoms with van der Waals surface area (Å²) in [5.74, 6) is -0.413. The normalized spacial score (nSPS) is 13.7. The molecule has 0 saturated carbocycles. The first-order valence-electron chi connectivity index (χ1n) is 2.86. The minimum absolute atomic E-state index is 0. The van der Waals surface area contributed by atoms with Crippen LogP contribution >= 0.6 is 0 Å². The second-order valence-electron chi connectivity index (χ2n) is 2.09. The minimum Gasteiger partial charge on any atom is -0.330 e. The predicted octanol–water partition coefficient (Wildman–Crippen LogP) is -1.83. The maximum absolute atomic E-state index is 10.2. The van der Waals surface area contributed by atoms with Crippen LogP contribution in [-0.4, -0.2) is 60.9 Å². The second kappa shape index (κ2) is 6.36. The Morgan fingerprint density at radius 3 is 2.18 bits per heavy atom. The molecule has 0 fully saturated rings. The fraction of sp³-hybridized carbons (Fsp3) is 1.00. The Kier molecular flexibility index (Phi) is 8.30. The van der Waals surface area contributed by atoms with Crippen LogP contribution in [0.4, 0.5) is 0 Å². The summed E-state index contributed by atoms with van der Waals surface area (Å²) in [5, 5.41) is 0. The molecule has 0 saturated heterocycles. The van der Waals surface area contributed by atoms with Crippen LogP contribution in [0.2, 0.25) is 0 Å². The Labute approximate surface area is 88.6 Å². The van der Waals surface area contributed by atoms with E-state index in [1.165, 1.54) is 0 Å². The summed E-state index contributed by atoms with van der Waals surface area (Å²) in [7, 11) is -3.93. The van der Waals surface area contributed by atoms with Crippen molar-refractivity contribution in [3.63, 3.8) is 0 Å². The van der Waals surface area contributed by atoms with E-state index in [0.29, 0.717) is 13.0 Å². The molecule has 5 N–H and O–H groups in total. The molecule has 0 aromatic rings. The van der Waals surface area contributed by atoms with Crippen LogP contribution < -0.4 is 11.5 Å². The van der Waals surface area contributed by atoms with Gasteiger partial charge in [0, 0.05) is 35.6 Å². The van der Waals surface area contributed by atoms with Gasteiger partial charge in [0.05, 0.1) is 5.75 Å². The van der Waals surface area contributed by atoms with Gasteiger partial charge in [0.25, 0.3) is 10.1 Å². The van der Waals surface area contributed by atoms with Crippen LogP contribution in [0.3, 0.4) is 0 Å². The van der Waals surface area contributed by atoms with Gasteiger partial charge in [-0.2, -0.15) is 8.42 Å². The molecule has 0 aliphatic carbocycles. The van der Waals surface area contributed by atoms with Gasteiger partial charge in [0.1, 0.15) is 0 Å². The largest absolute Gasteiger partial charge is 0.330 e. The fourth-order valence-electron chi connectivity index (χ4n) is 0.568. The maximum atomic E-state index is 10.2. The van der Waals surface area contributed by atoms with Crippen molar-refractivity contribution < 1.29 is 13.0 Å². The zero-order valence-electron chi connectivity index (χ0n) is 6.53. The zero-order valence-corrected chi connectivity index (χ0v) is 9.34. The van der Waals surface area contributed by atoms with Crippen molar-refractivity contribution in [1.29, 1.82) is 0 Å². The van der Waals surface area contributed by atoms with E-state index in [1.54, 1.807) is 0 Å². The monoisotopic (exact) mass is 191 g/mol. The molecule has 1 radical (unpaired) electrons. The van der Waals surface area contributed by atoms with Crippen LogP contribution in [0.1, 0.15) is 6.42 Å². The summed E-state index contributed by atoms with van der Waals surface area (Å²) < 4.78 is 28.6. The van der Waals surface area contributed by atoms with E-state index in [-0.39, 0.29) is 29.6 Å². The van der Waals surface area contributed by atoms with Gasteiger partial charge in [-0.25, -0.2) is 0 Å². The van der Waals surface area contributed by atoms with Gasteiger partial charge in [0.2, 0.25) is 0 Å². The van der Waals surface area contributed by atoms with E-state index >= 15 is 0 Å². The van der Waals surface area contributed by atoms with E-state index in [4.69, 9.17) is 16.0 Å². The van der Waals surface area contributed by atoms with E-state index < -0.39 is 21.9 Å². The molecule has 0 heterocycles. The molecule has 0 aromatic heterocycles. The number of nitrogens with two attached hydrogens (primary N) is 2. The van der Waals surface area contributed by atoms with Crippen molar-refractivity contribution in [2.75, 3.05) is 12.3 Å². The molecule has 1 unspecified atom stereocenters. The SMILES string of the molecule is NCCC(N)CS(=O)(=O)O.[Na]. The molecule has 7 heteroatoms. The standard InChI is InChI=1S/C4H12N2O3S.Na/c5-2-1-4(6)3-10(7,8)9;/h4H,1-3,5-6H2,(H,7,8,9);. The molecule has 0 aliphatic heterocycles. The molecule has 0 aromatic carbocycles. The molecular formula is C4H12N2NaO3S. The first-order chi connectivity index (χ1) is 4.45. The van der Waals surface area contributed by atoms with Gasteiger partial charge in [-0.05, 0) is 13.0 Å². The third-order valence-electron chi connectivity index (χ3n) is 0.962. The summed E-state index contributed by atoms with van der Waals surface area (Å²) in [4.78, 5) is 0. The van der Waals surface area contributed by atoms with E-state index in [1.807, 2.05) is 0 Å². The van der Waals surface area contributed by atoms with E-state index in [9.17, 15) is 8.42 Å². The van der Waals surface area contributed by atoms with Gasteiger partial charge in [-0.15, -0.1) is 0 Å². The van der Waals surface area contributed by atoms with Crippen LogP contribution in [0.25, 0.3) is 0 Å². The van der Waals surface area contributed by atoms with Gasteiger partial charge in [-0.3, -0.25) is 4.55 Å². The van der Waals surface area contributed by atoms with Gasteiger partial charge in [0.15, 0.2) is 0 Å². The predicted molar refractivity (Wildman–Crippen MR) is 43.8 cm³/mol. The Bertz CT molecular complexity index is 182. The number of hydrogen-bond acceptors (Lipinski definition) is 4. The third-order valence-corrected chi connectivity index (χ3v) is 1.81. The molecule has 63 valence electrons. The van der Waals surface area contributed by atoms with Crippen molar-refractivity contribution in [2.24, 2.45) is 11.5 Å². The first-order valence-corrected chi connectivity index (χ1v) is 4.47. The second-order valence-corrected chi connectivity index (χ2v) is 3.58. The van der Waals surface area contributed by atoms with Crippen molar-refractivity contribution >= 4 is 39.7 Å². The fourth-order valence-corrected chi connectivity index (χ4v) is 1.28. The van der Waals surface area contributed by atoms with Crippen molar-refractivity contribution in [2.45, 2.75) is 12.5 Å². The minimum atomic E-state index is -3.93. The van der Waals surface area contributed by atoms with Gasteiger partial charge < -0.3 is 11.5 Å². The number of hydrogen-bond donors (Lipinski definition) is 3. The van der Waals surface area contributed by atoms with Gasteiger partial charge in [-0.1, -0.05) is 0 Å². The Morgan fingerprint density at radius 1 is 1.45 bits per heavy atom. The Balaban J connectivity index is 0. The summed E-state index contributed by atoms with van der Waals surface area (Å²) in [6, 6.07) is -0.556. The molecule has 11 heavy (non-hydrogen) atoms. The van der Waals surface area contributed by atoms with Crippen molar-refractivity contribution in [1.82, 2.24) is 0 Å². The molecule has 0 rings (SSSR count). The Morgan fingerprint density at radius 2 is 1.91 bits per heavy atom. The van der Waals surface area contributed by atoms with Crippen molar-refractivity contribution in [3.05, 3.63) is 0 Å². The quantitative estimate of drug-likeness (QED) is 0.358. The average molecular weight is 191 g/mol. The summed E-state index contributed by atoms with van der Waals surface area (Å²) in [6.45, 7) is 0.330. The summed E-state index contributed by atoms with van der Waals surface area (Å²) in [6.07, 6.45) is 0.403. The van der Waals surface area contributed by atoms with Gasteiger partial charge >= 0.3 is 0 Å². The topological polar surface area (TPSA) is 106 Å². The molecule has 1 atom stereocenters. The van der Waals surface area contributed by atoms with Crippen molar-refractivity contribution in [3.8, 4) is 0 Å². The summed E-state index contributed by atoms with van der Waals surface area (Å²) in [5.41, 5.74) is 10.3. The molecule has 5 nitrogen and oxygen atoms in total. The summed E-state index contributed by atoms with van der Waals surface area (Å²) >= 11 is 0. The molecule has 0 aliphatic rings. The first kappa shape index (κ1) is 14.4. The van der Waals surface area contributed by atoms with Crippen LogP contribution in [-0.2, 0) is 10.1 Å². The van der Waals surface area contributed by atoms with Crippen LogP contribution in [0.5, 0.6) is 0 Å². The smallest absolute Gasteiger partial charge is 0.266 e. The van der Waals surface area contributed by atoms with E-state index in [0.717, 1.165) is 0 Å². The van der Waals surface area contributed by atoms with Crippen LogP contribution in [0, 0.1) is 0 Å². The molecular weight excluding hydrogens is 179 g/mol.